The van der Waals surface area contributed by atoms with Crippen LogP contribution in [0.1, 0.15) is 15.9 Å². The van der Waals surface area contributed by atoms with Gasteiger partial charge in [-0.1, -0.05) is 12.1 Å². The average Bonchev–Trinajstić information content (AvgIpc) is 2.63. The molecular weight excluding hydrogens is 224 g/mol. The SMILES string of the molecule is Cc1csc(-c2cccc(O)c2C(=O)O)c1. The second-order valence-electron chi connectivity index (χ2n) is 3.49. The molecule has 3 nitrogen and oxygen atoms in total. The van der Waals surface area contributed by atoms with E-state index in [9.17, 15) is 9.90 Å². The molecule has 0 amide bonds. The number of rotatable bonds is 2. The van der Waals surface area contributed by atoms with Gasteiger partial charge in [0, 0.05) is 10.4 Å². The summed E-state index contributed by atoms with van der Waals surface area (Å²) in [5, 5.41) is 20.6. The summed E-state index contributed by atoms with van der Waals surface area (Å²) in [5.41, 5.74) is 1.61. The summed E-state index contributed by atoms with van der Waals surface area (Å²) in [7, 11) is 0. The van der Waals surface area contributed by atoms with Crippen molar-refractivity contribution in [3.05, 3.63) is 40.8 Å². The summed E-state index contributed by atoms with van der Waals surface area (Å²) in [5.74, 6) is -1.31. The van der Waals surface area contributed by atoms with Crippen LogP contribution in [0.5, 0.6) is 5.75 Å². The van der Waals surface area contributed by atoms with Crippen LogP contribution in [0.3, 0.4) is 0 Å². The van der Waals surface area contributed by atoms with Crippen molar-refractivity contribution in [3.63, 3.8) is 0 Å². The van der Waals surface area contributed by atoms with Crippen LogP contribution in [0.2, 0.25) is 0 Å². The maximum Gasteiger partial charge on any atom is 0.340 e. The van der Waals surface area contributed by atoms with E-state index < -0.39 is 5.97 Å². The Kier molecular flexibility index (Phi) is 2.66. The Bertz CT molecular complexity index is 543. The molecule has 0 saturated carbocycles. The molecule has 0 aliphatic heterocycles. The standard InChI is InChI=1S/C12H10O3S/c1-7-5-10(16-6-7)8-3-2-4-9(13)11(8)12(14)15/h2-6,13H,1H3,(H,14,15). The molecule has 1 aromatic heterocycles. The van der Waals surface area contributed by atoms with E-state index in [2.05, 4.69) is 0 Å². The molecule has 0 aliphatic carbocycles. The van der Waals surface area contributed by atoms with Gasteiger partial charge < -0.3 is 10.2 Å². The molecule has 0 atom stereocenters. The van der Waals surface area contributed by atoms with Crippen molar-refractivity contribution in [1.29, 1.82) is 0 Å². The number of phenols is 1. The Morgan fingerprint density at radius 3 is 2.69 bits per heavy atom. The first-order valence-electron chi connectivity index (χ1n) is 4.70. The Labute approximate surface area is 96.6 Å². The van der Waals surface area contributed by atoms with E-state index in [1.54, 1.807) is 12.1 Å². The van der Waals surface area contributed by atoms with Crippen LogP contribution in [-0.2, 0) is 0 Å². The minimum Gasteiger partial charge on any atom is -0.507 e. The molecule has 0 spiro atoms. The molecule has 0 bridgehead atoms. The summed E-state index contributed by atoms with van der Waals surface area (Å²) < 4.78 is 0. The summed E-state index contributed by atoms with van der Waals surface area (Å²) in [6.07, 6.45) is 0. The monoisotopic (exact) mass is 234 g/mol. The van der Waals surface area contributed by atoms with E-state index in [1.807, 2.05) is 18.4 Å². The lowest BCUT2D eigenvalue weighted by Gasteiger charge is -2.05. The van der Waals surface area contributed by atoms with Crippen LogP contribution < -0.4 is 0 Å². The Hall–Kier alpha value is -1.81. The lowest BCUT2D eigenvalue weighted by Crippen LogP contribution is -1.99. The number of benzene rings is 1. The van der Waals surface area contributed by atoms with Crippen LogP contribution in [0.4, 0.5) is 0 Å². The summed E-state index contributed by atoms with van der Waals surface area (Å²) in [6.45, 7) is 1.95. The highest BCUT2D eigenvalue weighted by molar-refractivity contribution is 7.13. The number of carboxylic acids is 1. The lowest BCUT2D eigenvalue weighted by molar-refractivity contribution is 0.0694. The highest BCUT2D eigenvalue weighted by Gasteiger charge is 2.16. The van der Waals surface area contributed by atoms with Gasteiger partial charge in [-0.3, -0.25) is 0 Å². The minimum absolute atomic E-state index is 0.0376. The molecule has 2 aromatic rings. The summed E-state index contributed by atoms with van der Waals surface area (Å²) in [4.78, 5) is 11.9. The molecule has 0 aliphatic rings. The third-order valence-corrected chi connectivity index (χ3v) is 3.33. The first kappa shape index (κ1) is 10.7. The van der Waals surface area contributed by atoms with Crippen LogP contribution in [0.15, 0.2) is 29.6 Å². The molecule has 0 fully saturated rings. The van der Waals surface area contributed by atoms with Gasteiger partial charge in [-0.2, -0.15) is 0 Å². The van der Waals surface area contributed by atoms with E-state index >= 15 is 0 Å². The maximum absolute atomic E-state index is 11.1. The second-order valence-corrected chi connectivity index (χ2v) is 4.40. The first-order valence-corrected chi connectivity index (χ1v) is 5.58. The van der Waals surface area contributed by atoms with Gasteiger partial charge in [0.05, 0.1) is 0 Å². The molecule has 0 saturated heterocycles. The first-order chi connectivity index (χ1) is 7.59. The third kappa shape index (κ3) is 1.79. The van der Waals surface area contributed by atoms with Gasteiger partial charge in [-0.25, -0.2) is 4.79 Å². The van der Waals surface area contributed by atoms with Crippen molar-refractivity contribution < 1.29 is 15.0 Å². The quantitative estimate of drug-likeness (QED) is 0.839. The van der Waals surface area contributed by atoms with E-state index in [4.69, 9.17) is 5.11 Å². The van der Waals surface area contributed by atoms with Crippen molar-refractivity contribution in [1.82, 2.24) is 0 Å². The molecule has 16 heavy (non-hydrogen) atoms. The molecule has 2 rings (SSSR count). The lowest BCUT2D eigenvalue weighted by atomic mass is 10.0. The van der Waals surface area contributed by atoms with Crippen molar-refractivity contribution in [2.75, 3.05) is 0 Å². The smallest absolute Gasteiger partial charge is 0.340 e. The number of aromatic hydroxyl groups is 1. The fraction of sp³-hybridized carbons (Fsp3) is 0.0833. The van der Waals surface area contributed by atoms with Gasteiger partial charge >= 0.3 is 5.97 Å². The highest BCUT2D eigenvalue weighted by Crippen LogP contribution is 2.33. The number of hydrogen-bond donors (Lipinski definition) is 2. The van der Waals surface area contributed by atoms with Crippen LogP contribution in [0.25, 0.3) is 10.4 Å². The predicted octanol–water partition coefficient (Wildman–Crippen LogP) is 3.13. The summed E-state index contributed by atoms with van der Waals surface area (Å²) >= 11 is 1.47. The topological polar surface area (TPSA) is 57.5 Å². The van der Waals surface area contributed by atoms with Gasteiger partial charge in [-0.15, -0.1) is 11.3 Å². The van der Waals surface area contributed by atoms with E-state index in [0.29, 0.717) is 5.56 Å². The molecule has 82 valence electrons. The fourth-order valence-corrected chi connectivity index (χ4v) is 2.47. The Morgan fingerprint density at radius 1 is 1.38 bits per heavy atom. The average molecular weight is 234 g/mol. The van der Waals surface area contributed by atoms with Crippen molar-refractivity contribution in [2.24, 2.45) is 0 Å². The molecule has 0 radical (unpaired) electrons. The molecular formula is C12H10O3S. The van der Waals surface area contributed by atoms with E-state index in [0.717, 1.165) is 10.4 Å². The molecule has 1 heterocycles. The predicted molar refractivity (Wildman–Crippen MR) is 63.1 cm³/mol. The normalized spacial score (nSPS) is 10.3. The molecule has 1 aromatic carbocycles. The van der Waals surface area contributed by atoms with Gasteiger partial charge in [0.15, 0.2) is 0 Å². The van der Waals surface area contributed by atoms with Crippen molar-refractivity contribution >= 4 is 17.3 Å². The second kappa shape index (κ2) is 3.98. The van der Waals surface area contributed by atoms with Crippen molar-refractivity contribution in [2.45, 2.75) is 6.92 Å². The third-order valence-electron chi connectivity index (χ3n) is 2.25. The van der Waals surface area contributed by atoms with Crippen molar-refractivity contribution in [3.8, 4) is 16.2 Å². The number of carboxylic acid groups (broad SMARTS) is 1. The Morgan fingerprint density at radius 2 is 2.12 bits per heavy atom. The largest absolute Gasteiger partial charge is 0.507 e. The zero-order chi connectivity index (χ0) is 11.7. The molecule has 4 heteroatoms. The number of thiophene rings is 1. The van der Waals surface area contributed by atoms with E-state index in [-0.39, 0.29) is 11.3 Å². The molecule has 2 N–H and O–H groups in total. The van der Waals surface area contributed by atoms with Gasteiger partial charge in [-0.05, 0) is 30.0 Å². The number of hydrogen-bond acceptors (Lipinski definition) is 3. The highest BCUT2D eigenvalue weighted by atomic mass is 32.1. The Balaban J connectivity index is 2.65. The van der Waals surface area contributed by atoms with E-state index in [1.165, 1.54) is 17.4 Å². The maximum atomic E-state index is 11.1. The summed E-state index contributed by atoms with van der Waals surface area (Å²) in [6, 6.07) is 6.64. The number of aryl methyl sites for hydroxylation is 1. The zero-order valence-corrected chi connectivity index (χ0v) is 9.41. The minimum atomic E-state index is -1.11. The fourth-order valence-electron chi connectivity index (χ4n) is 1.54. The van der Waals surface area contributed by atoms with Gasteiger partial charge in [0.1, 0.15) is 11.3 Å². The van der Waals surface area contributed by atoms with Gasteiger partial charge in [0.2, 0.25) is 0 Å². The molecule has 0 unspecified atom stereocenters. The van der Waals surface area contributed by atoms with Gasteiger partial charge in [0.25, 0.3) is 0 Å². The van der Waals surface area contributed by atoms with Crippen LogP contribution >= 0.6 is 11.3 Å². The van der Waals surface area contributed by atoms with Crippen LogP contribution in [-0.4, -0.2) is 16.2 Å². The van der Waals surface area contributed by atoms with Crippen LogP contribution in [0, 0.1) is 6.92 Å². The number of carbonyl (C=O) groups is 1. The number of aromatic carboxylic acids is 1. The zero-order valence-electron chi connectivity index (χ0n) is 8.60.